The van der Waals surface area contributed by atoms with Crippen LogP contribution in [0.1, 0.15) is 57.8 Å². The minimum absolute atomic E-state index is 0.142. The fourth-order valence-corrected chi connectivity index (χ4v) is 6.98. The van der Waals surface area contributed by atoms with Crippen molar-refractivity contribution in [2.75, 3.05) is 26.4 Å². The number of hydrogen-bond acceptors (Lipinski definition) is 7. The maximum absolute atomic E-state index is 9.56. The van der Waals surface area contributed by atoms with Crippen LogP contribution in [0.15, 0.2) is 0 Å². The minimum Gasteiger partial charge on any atom is -0.396 e. The molecule has 0 atom stereocenters. The lowest BCUT2D eigenvalue weighted by Gasteiger charge is -2.57. The molecule has 2 heterocycles. The largest absolute Gasteiger partial charge is 0.396 e. The molecule has 2 aliphatic heterocycles. The van der Waals surface area contributed by atoms with Gasteiger partial charge in [-0.2, -0.15) is 9.78 Å². The highest BCUT2D eigenvalue weighted by Crippen LogP contribution is 2.64. The number of rotatable bonds is 2. The summed E-state index contributed by atoms with van der Waals surface area (Å²) in [6, 6.07) is 0. The Balaban J connectivity index is 1.14. The van der Waals surface area contributed by atoms with Crippen molar-refractivity contribution >= 4 is 0 Å². The summed E-state index contributed by atoms with van der Waals surface area (Å²) in [7, 11) is 0. The van der Waals surface area contributed by atoms with Crippen LogP contribution in [0.2, 0.25) is 0 Å². The number of aliphatic hydroxyl groups excluding tert-OH is 2. The van der Waals surface area contributed by atoms with Gasteiger partial charge in [0, 0.05) is 37.5 Å². The predicted molar refractivity (Wildman–Crippen MR) is 95.5 cm³/mol. The second-order valence-corrected chi connectivity index (χ2v) is 10.5. The van der Waals surface area contributed by atoms with Gasteiger partial charge in [-0.3, -0.25) is 0 Å². The Kier molecular flexibility index (Phi) is 4.04. The van der Waals surface area contributed by atoms with Gasteiger partial charge in [0.25, 0.3) is 0 Å². The second-order valence-electron chi connectivity index (χ2n) is 10.5. The van der Waals surface area contributed by atoms with Crippen molar-refractivity contribution in [3.63, 3.8) is 0 Å². The summed E-state index contributed by atoms with van der Waals surface area (Å²) in [5.74, 6) is 0.769. The molecule has 5 aliphatic carbocycles. The predicted octanol–water partition coefficient (Wildman–Crippen LogP) is 2.10. The highest BCUT2D eigenvalue weighted by atomic mass is 17.3. The summed E-state index contributed by atoms with van der Waals surface area (Å²) < 4.78 is 18.8. The maximum Gasteiger partial charge on any atom is 0.210 e. The molecule has 7 rings (SSSR count). The van der Waals surface area contributed by atoms with Crippen LogP contribution in [0.3, 0.4) is 0 Å². The van der Waals surface area contributed by atoms with E-state index >= 15 is 0 Å². The van der Waals surface area contributed by atoms with E-state index in [1.54, 1.807) is 0 Å². The van der Waals surface area contributed by atoms with E-state index in [4.69, 9.17) is 24.0 Å². The van der Waals surface area contributed by atoms with E-state index in [9.17, 15) is 10.2 Å². The highest BCUT2D eigenvalue weighted by Gasteiger charge is 2.67. The summed E-state index contributed by atoms with van der Waals surface area (Å²) in [6.45, 7) is 0.331. The van der Waals surface area contributed by atoms with Gasteiger partial charge in [0.1, 0.15) is 0 Å². The molecule has 0 aromatic carbocycles. The van der Waals surface area contributed by atoms with Crippen molar-refractivity contribution in [3.05, 3.63) is 0 Å². The van der Waals surface area contributed by atoms with Crippen molar-refractivity contribution < 1.29 is 34.2 Å². The lowest BCUT2D eigenvalue weighted by Crippen LogP contribution is -2.60. The first kappa shape index (κ1) is 18.5. The zero-order valence-electron chi connectivity index (χ0n) is 16.4. The molecule has 5 saturated carbocycles. The van der Waals surface area contributed by atoms with Gasteiger partial charge in [-0.1, -0.05) is 0 Å². The summed E-state index contributed by atoms with van der Waals surface area (Å²) in [5, 5.41) is 19.1. The van der Waals surface area contributed by atoms with Gasteiger partial charge >= 0.3 is 0 Å². The van der Waals surface area contributed by atoms with Crippen LogP contribution in [0.25, 0.3) is 0 Å². The van der Waals surface area contributed by atoms with E-state index < -0.39 is 22.8 Å². The second kappa shape index (κ2) is 6.13. The molecular formula is C21H32O7. The SMILES string of the molecule is OCC1(CO)COC2(CCC3(CC2)OOC2(O3)C3CC4CC(C3)CC2C4)OC1. The van der Waals surface area contributed by atoms with E-state index in [-0.39, 0.29) is 13.2 Å². The van der Waals surface area contributed by atoms with E-state index in [0.29, 0.717) is 50.7 Å². The Morgan fingerprint density at radius 3 is 1.75 bits per heavy atom. The van der Waals surface area contributed by atoms with Crippen LogP contribution in [0, 0.1) is 29.1 Å². The number of ether oxygens (including phenoxy) is 3. The summed E-state index contributed by atoms with van der Waals surface area (Å²) in [5.41, 5.74) is -0.700. The molecule has 0 amide bonds. The molecule has 0 unspecified atom stereocenters. The zero-order chi connectivity index (χ0) is 19.0. The molecular weight excluding hydrogens is 364 g/mol. The Morgan fingerprint density at radius 1 is 0.679 bits per heavy atom. The molecule has 7 heteroatoms. The van der Waals surface area contributed by atoms with Crippen LogP contribution in [-0.2, 0) is 24.0 Å². The Hall–Kier alpha value is -0.280. The molecule has 3 spiro atoms. The molecule has 7 fully saturated rings. The van der Waals surface area contributed by atoms with Crippen molar-refractivity contribution in [2.45, 2.75) is 75.1 Å². The monoisotopic (exact) mass is 396 g/mol. The standard InChI is InChI=1S/C21H32O7/c22-10-18(11-23)12-24-19(25-13-18)1-3-20(4-2-19)26-21(28-27-20)16-6-14-5-15(8-16)9-17(21)7-14/h14-17,22-23H,1-13H2. The lowest BCUT2D eigenvalue weighted by atomic mass is 9.53. The van der Waals surface area contributed by atoms with Crippen LogP contribution in [0.4, 0.5) is 0 Å². The quantitative estimate of drug-likeness (QED) is 0.691. The Morgan fingerprint density at radius 2 is 1.21 bits per heavy atom. The van der Waals surface area contributed by atoms with Crippen molar-refractivity contribution in [1.29, 1.82) is 0 Å². The van der Waals surface area contributed by atoms with Crippen molar-refractivity contribution in [3.8, 4) is 0 Å². The molecule has 28 heavy (non-hydrogen) atoms. The molecule has 0 aromatic rings. The summed E-state index contributed by atoms with van der Waals surface area (Å²) in [4.78, 5) is 12.0. The highest BCUT2D eigenvalue weighted by molar-refractivity contribution is 5.06. The first-order valence-electron chi connectivity index (χ1n) is 11.1. The summed E-state index contributed by atoms with van der Waals surface area (Å²) in [6.07, 6.45) is 8.94. The Labute approximate surface area is 165 Å². The van der Waals surface area contributed by atoms with Crippen LogP contribution in [0.5, 0.6) is 0 Å². The van der Waals surface area contributed by atoms with Crippen LogP contribution in [-0.4, -0.2) is 54.0 Å². The van der Waals surface area contributed by atoms with Crippen molar-refractivity contribution in [2.24, 2.45) is 29.1 Å². The third kappa shape index (κ3) is 2.54. The van der Waals surface area contributed by atoms with Crippen LogP contribution >= 0.6 is 0 Å². The minimum atomic E-state index is -0.700. The number of hydrogen-bond donors (Lipinski definition) is 2. The van der Waals surface area contributed by atoms with E-state index in [2.05, 4.69) is 0 Å². The molecule has 2 saturated heterocycles. The molecule has 2 N–H and O–H groups in total. The molecule has 0 radical (unpaired) electrons. The first-order chi connectivity index (χ1) is 13.5. The zero-order valence-corrected chi connectivity index (χ0v) is 16.4. The maximum atomic E-state index is 9.56. The van der Waals surface area contributed by atoms with Crippen molar-refractivity contribution in [1.82, 2.24) is 0 Å². The van der Waals surface area contributed by atoms with Gasteiger partial charge in [0.05, 0.1) is 31.8 Å². The summed E-state index contributed by atoms with van der Waals surface area (Å²) >= 11 is 0. The fraction of sp³-hybridized carbons (Fsp3) is 1.00. The van der Waals surface area contributed by atoms with Crippen LogP contribution < -0.4 is 0 Å². The molecule has 7 nitrogen and oxygen atoms in total. The van der Waals surface area contributed by atoms with Gasteiger partial charge in [-0.15, -0.1) is 0 Å². The Bertz CT molecular complexity index is 582. The topological polar surface area (TPSA) is 86.6 Å². The normalized spacial score (nSPS) is 47.4. The molecule has 0 aromatic heterocycles. The van der Waals surface area contributed by atoms with E-state index in [1.807, 2.05) is 0 Å². The van der Waals surface area contributed by atoms with Gasteiger partial charge in [-0.05, 0) is 43.9 Å². The first-order valence-corrected chi connectivity index (χ1v) is 11.1. The number of aliphatic hydroxyl groups is 2. The molecule has 7 aliphatic rings. The van der Waals surface area contributed by atoms with Gasteiger partial charge in [0.2, 0.25) is 11.6 Å². The van der Waals surface area contributed by atoms with E-state index in [1.165, 1.54) is 32.1 Å². The molecule has 158 valence electrons. The van der Waals surface area contributed by atoms with E-state index in [0.717, 1.165) is 11.8 Å². The average Bonchev–Trinajstić information content (AvgIpc) is 3.10. The van der Waals surface area contributed by atoms with Gasteiger partial charge < -0.3 is 24.4 Å². The molecule has 4 bridgehead atoms. The fourth-order valence-electron chi connectivity index (χ4n) is 6.98. The average molecular weight is 396 g/mol. The van der Waals surface area contributed by atoms with Gasteiger partial charge in [0.15, 0.2) is 5.79 Å². The smallest absolute Gasteiger partial charge is 0.210 e. The van der Waals surface area contributed by atoms with Gasteiger partial charge in [-0.25, -0.2) is 0 Å². The lowest BCUT2D eigenvalue weighted by molar-refractivity contribution is -0.396. The third-order valence-electron chi connectivity index (χ3n) is 8.67. The third-order valence-corrected chi connectivity index (χ3v) is 8.67.